The largest absolute Gasteiger partial charge is 0.416 e. The van der Waals surface area contributed by atoms with E-state index in [1.165, 1.54) is 12.1 Å². The van der Waals surface area contributed by atoms with Crippen LogP contribution in [0.25, 0.3) is 0 Å². The molecule has 0 aliphatic heterocycles. The fraction of sp³-hybridized carbons (Fsp3) is 0.294. The van der Waals surface area contributed by atoms with Gasteiger partial charge in [-0.3, -0.25) is 0 Å². The molecule has 1 unspecified atom stereocenters. The minimum Gasteiger partial charge on any atom is -0.306 e. The molecule has 0 radical (unpaired) electrons. The molecular weight excluding hydrogens is 275 g/mol. The first kappa shape index (κ1) is 15.6. The van der Waals surface area contributed by atoms with Crippen molar-refractivity contribution in [3.8, 4) is 0 Å². The van der Waals surface area contributed by atoms with Gasteiger partial charge in [-0.1, -0.05) is 55.5 Å². The van der Waals surface area contributed by atoms with Gasteiger partial charge in [-0.2, -0.15) is 13.2 Å². The Bertz CT molecular complexity index is 564. The second-order valence-corrected chi connectivity index (χ2v) is 4.95. The fourth-order valence-electron chi connectivity index (χ4n) is 2.28. The van der Waals surface area contributed by atoms with Gasteiger partial charge in [0, 0.05) is 12.6 Å². The van der Waals surface area contributed by atoms with Crippen LogP contribution < -0.4 is 5.32 Å². The van der Waals surface area contributed by atoms with Crippen molar-refractivity contribution in [2.75, 3.05) is 0 Å². The lowest BCUT2D eigenvalue weighted by Crippen LogP contribution is -2.20. The topological polar surface area (TPSA) is 12.0 Å². The van der Waals surface area contributed by atoms with Crippen molar-refractivity contribution in [2.24, 2.45) is 0 Å². The molecule has 1 atom stereocenters. The van der Waals surface area contributed by atoms with Crippen LogP contribution in [0.3, 0.4) is 0 Å². The zero-order valence-electron chi connectivity index (χ0n) is 11.8. The maximum Gasteiger partial charge on any atom is 0.416 e. The van der Waals surface area contributed by atoms with Gasteiger partial charge in [0.15, 0.2) is 0 Å². The fourth-order valence-corrected chi connectivity index (χ4v) is 2.28. The van der Waals surface area contributed by atoms with Crippen LogP contribution in [-0.2, 0) is 12.7 Å². The quantitative estimate of drug-likeness (QED) is 0.822. The molecule has 0 bridgehead atoms. The van der Waals surface area contributed by atoms with Gasteiger partial charge < -0.3 is 5.32 Å². The van der Waals surface area contributed by atoms with Crippen molar-refractivity contribution >= 4 is 0 Å². The highest BCUT2D eigenvalue weighted by Crippen LogP contribution is 2.29. The molecule has 21 heavy (non-hydrogen) atoms. The summed E-state index contributed by atoms with van der Waals surface area (Å²) in [5.41, 5.74) is 1.18. The Morgan fingerprint density at radius 1 is 1.00 bits per heavy atom. The van der Waals surface area contributed by atoms with Crippen molar-refractivity contribution in [3.63, 3.8) is 0 Å². The summed E-state index contributed by atoms with van der Waals surface area (Å²) in [7, 11) is 0. The van der Waals surface area contributed by atoms with Gasteiger partial charge in [-0.05, 0) is 23.6 Å². The molecule has 0 aliphatic rings. The molecule has 1 nitrogen and oxygen atoms in total. The average molecular weight is 293 g/mol. The van der Waals surface area contributed by atoms with E-state index in [0.717, 1.165) is 18.1 Å². The Hall–Kier alpha value is -1.81. The molecule has 4 heteroatoms. The van der Waals surface area contributed by atoms with Crippen LogP contribution in [0.4, 0.5) is 13.2 Å². The minimum atomic E-state index is -4.29. The van der Waals surface area contributed by atoms with E-state index in [0.29, 0.717) is 12.1 Å². The van der Waals surface area contributed by atoms with Gasteiger partial charge in [0.25, 0.3) is 0 Å². The molecule has 2 aromatic rings. The number of hydrogen-bond acceptors (Lipinski definition) is 1. The van der Waals surface area contributed by atoms with E-state index in [1.807, 2.05) is 30.3 Å². The summed E-state index contributed by atoms with van der Waals surface area (Å²) in [4.78, 5) is 0. The Balaban J connectivity index is 2.05. The normalized spacial score (nSPS) is 13.1. The summed E-state index contributed by atoms with van der Waals surface area (Å²) in [6.45, 7) is 2.47. The van der Waals surface area contributed by atoms with Crippen LogP contribution in [-0.4, -0.2) is 0 Å². The first-order valence-electron chi connectivity index (χ1n) is 6.95. The van der Waals surface area contributed by atoms with E-state index in [4.69, 9.17) is 0 Å². The van der Waals surface area contributed by atoms with Gasteiger partial charge in [0.05, 0.1) is 5.56 Å². The molecule has 0 aromatic heterocycles. The van der Waals surface area contributed by atoms with Crippen LogP contribution in [0.5, 0.6) is 0 Å². The maximum atomic E-state index is 12.7. The van der Waals surface area contributed by atoms with E-state index >= 15 is 0 Å². The smallest absolute Gasteiger partial charge is 0.306 e. The molecule has 0 aliphatic carbocycles. The van der Waals surface area contributed by atoms with E-state index in [1.54, 1.807) is 6.07 Å². The predicted octanol–water partition coefficient (Wildman–Crippen LogP) is 4.95. The molecule has 0 saturated heterocycles. The molecule has 1 N–H and O–H groups in total. The maximum absolute atomic E-state index is 12.7. The zero-order valence-corrected chi connectivity index (χ0v) is 11.8. The van der Waals surface area contributed by atoms with Crippen LogP contribution in [0.15, 0.2) is 54.6 Å². The van der Waals surface area contributed by atoms with Gasteiger partial charge in [-0.25, -0.2) is 0 Å². The summed E-state index contributed by atoms with van der Waals surface area (Å²) in [5.74, 6) is 0. The van der Waals surface area contributed by atoms with Gasteiger partial charge >= 0.3 is 6.18 Å². The molecule has 0 spiro atoms. The lowest BCUT2D eigenvalue weighted by molar-refractivity contribution is -0.137. The first-order chi connectivity index (χ1) is 10.0. The third-order valence-corrected chi connectivity index (χ3v) is 3.42. The molecule has 2 aromatic carbocycles. The van der Waals surface area contributed by atoms with Crippen LogP contribution in [0, 0.1) is 0 Å². The summed E-state index contributed by atoms with van der Waals surface area (Å²) in [6, 6.07) is 15.5. The van der Waals surface area contributed by atoms with Gasteiger partial charge in [-0.15, -0.1) is 0 Å². The van der Waals surface area contributed by atoms with Crippen molar-refractivity contribution in [1.82, 2.24) is 5.32 Å². The Labute approximate surface area is 122 Å². The number of alkyl halides is 3. The van der Waals surface area contributed by atoms with Gasteiger partial charge in [0.2, 0.25) is 0 Å². The molecule has 0 heterocycles. The summed E-state index contributed by atoms with van der Waals surface area (Å²) in [5, 5.41) is 3.31. The Morgan fingerprint density at radius 3 is 2.33 bits per heavy atom. The molecular formula is C17H18F3N. The van der Waals surface area contributed by atoms with E-state index in [-0.39, 0.29) is 6.04 Å². The highest BCUT2D eigenvalue weighted by Gasteiger charge is 2.30. The van der Waals surface area contributed by atoms with E-state index in [9.17, 15) is 13.2 Å². The lowest BCUT2D eigenvalue weighted by atomic mass is 10.0. The lowest BCUT2D eigenvalue weighted by Gasteiger charge is -2.18. The number of hydrogen-bond donors (Lipinski definition) is 1. The summed E-state index contributed by atoms with van der Waals surface area (Å²) in [6.07, 6.45) is -3.41. The molecule has 2 rings (SSSR count). The van der Waals surface area contributed by atoms with Crippen LogP contribution in [0.1, 0.15) is 36.1 Å². The SMILES string of the molecule is CCC(NCc1cccc(C(F)(F)F)c1)c1ccccc1. The van der Waals surface area contributed by atoms with Crippen molar-refractivity contribution < 1.29 is 13.2 Å². The first-order valence-corrected chi connectivity index (χ1v) is 6.95. The number of benzene rings is 2. The molecule has 0 fully saturated rings. The Morgan fingerprint density at radius 2 is 1.71 bits per heavy atom. The third-order valence-electron chi connectivity index (χ3n) is 3.42. The standard InChI is InChI=1S/C17H18F3N/c1-2-16(14-8-4-3-5-9-14)21-12-13-7-6-10-15(11-13)17(18,19)20/h3-11,16,21H,2,12H2,1H3. The van der Waals surface area contributed by atoms with Crippen molar-refractivity contribution in [2.45, 2.75) is 32.1 Å². The van der Waals surface area contributed by atoms with Crippen molar-refractivity contribution in [3.05, 3.63) is 71.3 Å². The predicted molar refractivity (Wildman–Crippen MR) is 77.8 cm³/mol. The monoisotopic (exact) mass is 293 g/mol. The second kappa shape index (κ2) is 6.76. The number of rotatable bonds is 5. The summed E-state index contributed by atoms with van der Waals surface area (Å²) < 4.78 is 38.0. The highest BCUT2D eigenvalue weighted by atomic mass is 19.4. The molecule has 0 amide bonds. The zero-order chi connectivity index (χ0) is 15.3. The van der Waals surface area contributed by atoms with E-state index < -0.39 is 11.7 Å². The van der Waals surface area contributed by atoms with Crippen LogP contribution in [0.2, 0.25) is 0 Å². The third kappa shape index (κ3) is 4.33. The summed E-state index contributed by atoms with van der Waals surface area (Å²) >= 11 is 0. The number of nitrogens with one attached hydrogen (secondary N) is 1. The van der Waals surface area contributed by atoms with E-state index in [2.05, 4.69) is 12.2 Å². The minimum absolute atomic E-state index is 0.140. The van der Waals surface area contributed by atoms with Gasteiger partial charge in [0.1, 0.15) is 0 Å². The van der Waals surface area contributed by atoms with Crippen LogP contribution >= 0.6 is 0 Å². The second-order valence-electron chi connectivity index (χ2n) is 4.95. The average Bonchev–Trinajstić information content (AvgIpc) is 2.48. The van der Waals surface area contributed by atoms with Crippen molar-refractivity contribution in [1.29, 1.82) is 0 Å². The highest BCUT2D eigenvalue weighted by molar-refractivity contribution is 5.26. The molecule has 112 valence electrons. The number of halogens is 3. The Kier molecular flexibility index (Phi) is 5.02. The molecule has 0 saturated carbocycles.